The van der Waals surface area contributed by atoms with Crippen LogP contribution in [0.25, 0.3) is 0 Å². The summed E-state index contributed by atoms with van der Waals surface area (Å²) in [5, 5.41) is 14.1. The highest BCUT2D eigenvalue weighted by molar-refractivity contribution is 9.11. The van der Waals surface area contributed by atoms with E-state index >= 15 is 0 Å². The zero-order valence-electron chi connectivity index (χ0n) is 13.8. The van der Waals surface area contributed by atoms with Crippen molar-refractivity contribution in [3.05, 3.63) is 26.6 Å². The zero-order valence-corrected chi connectivity index (χ0v) is 17.0. The summed E-state index contributed by atoms with van der Waals surface area (Å²) < 4.78 is 11.8. The van der Waals surface area contributed by atoms with Gasteiger partial charge in [0.15, 0.2) is 0 Å². The van der Waals surface area contributed by atoms with E-state index in [-0.39, 0.29) is 17.7 Å². The number of nitrogens with one attached hydrogen (secondary N) is 1. The lowest BCUT2D eigenvalue weighted by Gasteiger charge is -2.26. The summed E-state index contributed by atoms with van der Waals surface area (Å²) in [5.41, 5.74) is 3.26. The Morgan fingerprint density at radius 2 is 2.04 bits per heavy atom. The third kappa shape index (κ3) is 4.59. The summed E-state index contributed by atoms with van der Waals surface area (Å²) in [5.74, 6) is 0.815. The van der Waals surface area contributed by atoms with Crippen LogP contribution in [-0.4, -0.2) is 59.7 Å². The number of phenolic OH excluding ortho intramolecular Hbond substituents is 1. The Bertz CT molecular complexity index is 814. The summed E-state index contributed by atoms with van der Waals surface area (Å²) in [4.78, 5) is 14.7. The Morgan fingerprint density at radius 3 is 2.77 bits per heavy atom. The number of halogens is 2. The molecule has 0 bridgehead atoms. The topological polar surface area (TPSA) is 105 Å². The summed E-state index contributed by atoms with van der Waals surface area (Å²) in [7, 11) is 1.49. The molecule has 1 aliphatic heterocycles. The molecule has 1 aliphatic rings. The van der Waals surface area contributed by atoms with Gasteiger partial charge in [0.25, 0.3) is 5.95 Å². The summed E-state index contributed by atoms with van der Waals surface area (Å²) >= 11 is 6.65. The number of ether oxygens (including phenoxy) is 2. The maximum atomic E-state index is 10.0. The molecule has 1 aromatic carbocycles. The molecule has 1 saturated heterocycles. The number of rotatable bonds is 5. The van der Waals surface area contributed by atoms with Gasteiger partial charge in [-0.25, -0.2) is 5.43 Å². The number of phenols is 1. The first-order valence-corrected chi connectivity index (χ1v) is 9.25. The van der Waals surface area contributed by atoms with Crippen LogP contribution < -0.4 is 15.1 Å². The van der Waals surface area contributed by atoms with Gasteiger partial charge >= 0.3 is 6.01 Å². The fourth-order valence-corrected chi connectivity index (χ4v) is 3.49. The molecule has 0 unspecified atom stereocenters. The maximum Gasteiger partial charge on any atom is 0.322 e. The summed E-state index contributed by atoms with van der Waals surface area (Å²) in [6.45, 7) is 2.61. The van der Waals surface area contributed by atoms with E-state index in [2.05, 4.69) is 57.3 Å². The second-order valence-corrected chi connectivity index (χ2v) is 7.01. The number of nitrogens with zero attached hydrogens (tertiary/aromatic N) is 5. The van der Waals surface area contributed by atoms with Crippen molar-refractivity contribution in [3.63, 3.8) is 0 Å². The van der Waals surface area contributed by atoms with Gasteiger partial charge in [-0.2, -0.15) is 20.1 Å². The van der Waals surface area contributed by atoms with Gasteiger partial charge in [-0.15, -0.1) is 0 Å². The van der Waals surface area contributed by atoms with E-state index in [1.54, 1.807) is 12.1 Å². The van der Waals surface area contributed by atoms with Crippen LogP contribution >= 0.6 is 31.9 Å². The van der Waals surface area contributed by atoms with Gasteiger partial charge in [-0.3, -0.25) is 0 Å². The van der Waals surface area contributed by atoms with Crippen molar-refractivity contribution in [2.45, 2.75) is 0 Å². The SMILES string of the molecule is COc1nc(N/N=C\c2cc(Br)cc(Br)c2O)nc(N2CCOCC2)n1. The van der Waals surface area contributed by atoms with Crippen LogP contribution in [0.2, 0.25) is 0 Å². The number of hydrazone groups is 1. The van der Waals surface area contributed by atoms with Crippen LogP contribution in [0.3, 0.4) is 0 Å². The molecular weight excluding hydrogens is 472 g/mol. The van der Waals surface area contributed by atoms with E-state index in [9.17, 15) is 5.11 Å². The monoisotopic (exact) mass is 486 g/mol. The zero-order chi connectivity index (χ0) is 18.5. The molecule has 0 amide bonds. The van der Waals surface area contributed by atoms with Crippen molar-refractivity contribution in [1.29, 1.82) is 0 Å². The minimum absolute atomic E-state index is 0.0842. The van der Waals surface area contributed by atoms with E-state index in [1.807, 2.05) is 4.90 Å². The van der Waals surface area contributed by atoms with Crippen LogP contribution in [-0.2, 0) is 4.74 Å². The lowest BCUT2D eigenvalue weighted by Crippen LogP contribution is -2.37. The van der Waals surface area contributed by atoms with Crippen molar-refractivity contribution in [1.82, 2.24) is 15.0 Å². The molecule has 0 aliphatic carbocycles. The van der Waals surface area contributed by atoms with E-state index in [4.69, 9.17) is 9.47 Å². The van der Waals surface area contributed by atoms with Crippen molar-refractivity contribution >= 4 is 50.0 Å². The second kappa shape index (κ2) is 8.60. The molecule has 11 heteroatoms. The quantitative estimate of drug-likeness (QED) is 0.489. The number of methoxy groups -OCH3 is 1. The largest absolute Gasteiger partial charge is 0.506 e. The normalized spacial score (nSPS) is 14.7. The Hall–Kier alpha value is -1.98. The molecule has 9 nitrogen and oxygen atoms in total. The van der Waals surface area contributed by atoms with Gasteiger partial charge in [0.05, 0.1) is 31.0 Å². The average molecular weight is 488 g/mol. The lowest BCUT2D eigenvalue weighted by molar-refractivity contribution is 0.122. The first kappa shape index (κ1) is 18.8. The molecule has 138 valence electrons. The molecule has 0 spiro atoms. The van der Waals surface area contributed by atoms with Crippen LogP contribution in [0.5, 0.6) is 11.8 Å². The number of aromatic nitrogens is 3. The highest BCUT2D eigenvalue weighted by Crippen LogP contribution is 2.30. The molecule has 2 N–H and O–H groups in total. The van der Waals surface area contributed by atoms with Gasteiger partial charge in [0, 0.05) is 23.1 Å². The summed E-state index contributed by atoms with van der Waals surface area (Å²) in [6.07, 6.45) is 1.47. The highest BCUT2D eigenvalue weighted by Gasteiger charge is 2.16. The molecule has 1 aromatic heterocycles. The third-order valence-corrected chi connectivity index (χ3v) is 4.57. The number of aromatic hydroxyl groups is 1. The Morgan fingerprint density at radius 1 is 1.27 bits per heavy atom. The minimum Gasteiger partial charge on any atom is -0.506 e. The number of hydrogen-bond acceptors (Lipinski definition) is 9. The molecule has 1 fully saturated rings. The van der Waals surface area contributed by atoms with Gasteiger partial charge in [-0.1, -0.05) is 15.9 Å². The van der Waals surface area contributed by atoms with Crippen LogP contribution in [0.1, 0.15) is 5.56 Å². The fraction of sp³-hybridized carbons (Fsp3) is 0.333. The second-order valence-electron chi connectivity index (χ2n) is 5.24. The molecule has 26 heavy (non-hydrogen) atoms. The van der Waals surface area contributed by atoms with Crippen molar-refractivity contribution < 1.29 is 14.6 Å². The Balaban J connectivity index is 1.79. The predicted molar refractivity (Wildman–Crippen MR) is 104 cm³/mol. The first-order chi connectivity index (χ1) is 12.6. The number of hydrogen-bond donors (Lipinski definition) is 2. The summed E-state index contributed by atoms with van der Waals surface area (Å²) in [6, 6.07) is 3.66. The number of anilines is 2. The van der Waals surface area contributed by atoms with E-state index in [0.29, 0.717) is 42.3 Å². The van der Waals surface area contributed by atoms with Crippen molar-refractivity contribution in [3.8, 4) is 11.8 Å². The standard InChI is InChI=1S/C15H16Br2N6O3/c1-25-15-20-13(19-14(21-15)23-2-4-26-5-3-23)22-18-8-9-6-10(16)7-11(17)12(9)24/h6-8,24H,2-5H2,1H3,(H,19,20,21,22)/b18-8-. The molecule has 2 heterocycles. The molecule has 0 saturated carbocycles. The minimum atomic E-state index is 0.0842. The number of morpholine rings is 1. The Kier molecular flexibility index (Phi) is 6.22. The predicted octanol–water partition coefficient (Wildman–Crippen LogP) is 2.39. The molecule has 2 aromatic rings. The van der Waals surface area contributed by atoms with Gasteiger partial charge in [0.2, 0.25) is 5.95 Å². The lowest BCUT2D eigenvalue weighted by atomic mass is 10.2. The van der Waals surface area contributed by atoms with Crippen molar-refractivity contribution in [2.75, 3.05) is 43.7 Å². The van der Waals surface area contributed by atoms with Crippen LogP contribution in [0, 0.1) is 0 Å². The van der Waals surface area contributed by atoms with Gasteiger partial charge < -0.3 is 19.5 Å². The molecule has 0 atom stereocenters. The van der Waals surface area contributed by atoms with E-state index < -0.39 is 0 Å². The maximum absolute atomic E-state index is 10.0. The average Bonchev–Trinajstić information content (AvgIpc) is 2.66. The third-order valence-electron chi connectivity index (χ3n) is 3.51. The van der Waals surface area contributed by atoms with E-state index in [1.165, 1.54) is 13.3 Å². The van der Waals surface area contributed by atoms with Gasteiger partial charge in [-0.05, 0) is 28.1 Å². The fourth-order valence-electron chi connectivity index (χ4n) is 2.24. The first-order valence-electron chi connectivity index (χ1n) is 7.66. The highest BCUT2D eigenvalue weighted by atomic mass is 79.9. The van der Waals surface area contributed by atoms with E-state index in [0.717, 1.165) is 4.47 Å². The Labute approximate surface area is 166 Å². The van der Waals surface area contributed by atoms with Crippen molar-refractivity contribution in [2.24, 2.45) is 5.10 Å². The van der Waals surface area contributed by atoms with Crippen LogP contribution in [0.15, 0.2) is 26.2 Å². The molecule has 3 rings (SSSR count). The molecule has 0 radical (unpaired) electrons. The molecular formula is C15H16Br2N6O3. The van der Waals surface area contributed by atoms with Gasteiger partial charge in [0.1, 0.15) is 5.75 Å². The van der Waals surface area contributed by atoms with Crippen LogP contribution in [0.4, 0.5) is 11.9 Å². The smallest absolute Gasteiger partial charge is 0.322 e. The number of benzene rings is 1.